The average molecular weight is 343 g/mol. The van der Waals surface area contributed by atoms with Crippen LogP contribution in [-0.2, 0) is 4.79 Å². The molecule has 0 saturated heterocycles. The summed E-state index contributed by atoms with van der Waals surface area (Å²) >= 11 is 0. The molecule has 0 fully saturated rings. The quantitative estimate of drug-likeness (QED) is 0.623. The van der Waals surface area contributed by atoms with Crippen molar-refractivity contribution in [2.45, 2.75) is 6.92 Å². The van der Waals surface area contributed by atoms with E-state index < -0.39 is 17.6 Å². The Bertz CT molecular complexity index is 788. The second-order valence-electron chi connectivity index (χ2n) is 5.15. The molecule has 7 heteroatoms. The van der Waals surface area contributed by atoms with Gasteiger partial charge in [0.15, 0.2) is 0 Å². The van der Waals surface area contributed by atoms with Crippen molar-refractivity contribution in [1.82, 2.24) is 10.7 Å². The van der Waals surface area contributed by atoms with Crippen LogP contribution in [0.25, 0.3) is 0 Å². The molecule has 2 amide bonds. The molecular formula is C18H18FN3O3. The number of methoxy groups -OCH3 is 1. The van der Waals surface area contributed by atoms with Gasteiger partial charge in [-0.2, -0.15) is 5.10 Å². The van der Waals surface area contributed by atoms with Crippen molar-refractivity contribution >= 4 is 17.5 Å². The van der Waals surface area contributed by atoms with E-state index in [-0.39, 0.29) is 12.1 Å². The molecule has 6 nitrogen and oxygen atoms in total. The number of hydrazone groups is 1. The van der Waals surface area contributed by atoms with Crippen LogP contribution < -0.4 is 15.5 Å². The fourth-order valence-corrected chi connectivity index (χ4v) is 1.97. The number of nitrogens with one attached hydrogen (secondary N) is 2. The van der Waals surface area contributed by atoms with Gasteiger partial charge in [-0.15, -0.1) is 0 Å². The third kappa shape index (κ3) is 5.42. The summed E-state index contributed by atoms with van der Waals surface area (Å²) in [7, 11) is 1.58. The SMILES string of the molecule is COc1ccc(/C(C)=N\NC(=O)CNC(=O)c2cccc(F)c2)cc1. The van der Waals surface area contributed by atoms with Crippen LogP contribution in [0.3, 0.4) is 0 Å². The summed E-state index contributed by atoms with van der Waals surface area (Å²) in [4.78, 5) is 23.6. The highest BCUT2D eigenvalue weighted by atomic mass is 19.1. The Labute approximate surface area is 144 Å². The van der Waals surface area contributed by atoms with E-state index in [1.165, 1.54) is 18.2 Å². The maximum atomic E-state index is 13.1. The predicted molar refractivity (Wildman–Crippen MR) is 92.1 cm³/mol. The Hall–Kier alpha value is -3.22. The van der Waals surface area contributed by atoms with E-state index in [0.717, 1.165) is 17.4 Å². The highest BCUT2D eigenvalue weighted by Crippen LogP contribution is 2.11. The van der Waals surface area contributed by atoms with Crippen molar-refractivity contribution in [3.63, 3.8) is 0 Å². The van der Waals surface area contributed by atoms with E-state index in [0.29, 0.717) is 5.71 Å². The van der Waals surface area contributed by atoms with Gasteiger partial charge in [-0.25, -0.2) is 9.82 Å². The van der Waals surface area contributed by atoms with Crippen LogP contribution in [-0.4, -0.2) is 31.2 Å². The minimum absolute atomic E-state index is 0.144. The smallest absolute Gasteiger partial charge is 0.259 e. The molecule has 2 rings (SSSR count). The van der Waals surface area contributed by atoms with Crippen LogP contribution in [0.1, 0.15) is 22.8 Å². The lowest BCUT2D eigenvalue weighted by atomic mass is 10.1. The number of carbonyl (C=O) groups is 2. The zero-order valence-corrected chi connectivity index (χ0v) is 13.9. The summed E-state index contributed by atoms with van der Waals surface area (Å²) in [5.74, 6) is -0.819. The fourth-order valence-electron chi connectivity index (χ4n) is 1.97. The Balaban J connectivity index is 1.85. The zero-order chi connectivity index (χ0) is 18.2. The van der Waals surface area contributed by atoms with Gasteiger partial charge >= 0.3 is 0 Å². The summed E-state index contributed by atoms with van der Waals surface area (Å²) in [6.45, 7) is 1.47. The van der Waals surface area contributed by atoms with Gasteiger partial charge in [-0.3, -0.25) is 9.59 Å². The molecule has 0 heterocycles. The highest BCUT2D eigenvalue weighted by molar-refractivity contribution is 6.00. The van der Waals surface area contributed by atoms with E-state index in [1.54, 1.807) is 26.2 Å². The molecule has 0 spiro atoms. The first-order chi connectivity index (χ1) is 12.0. The van der Waals surface area contributed by atoms with Gasteiger partial charge in [0.2, 0.25) is 0 Å². The molecule has 0 bridgehead atoms. The number of ether oxygens (including phenoxy) is 1. The summed E-state index contributed by atoms with van der Waals surface area (Å²) in [5, 5.41) is 6.38. The van der Waals surface area contributed by atoms with E-state index >= 15 is 0 Å². The van der Waals surface area contributed by atoms with Crippen LogP contribution in [0.2, 0.25) is 0 Å². The molecule has 130 valence electrons. The van der Waals surface area contributed by atoms with Crippen molar-refractivity contribution < 1.29 is 18.7 Å². The van der Waals surface area contributed by atoms with Crippen molar-refractivity contribution in [2.75, 3.05) is 13.7 Å². The number of hydrogen-bond acceptors (Lipinski definition) is 4. The first-order valence-corrected chi connectivity index (χ1v) is 7.51. The maximum absolute atomic E-state index is 13.1. The molecule has 2 N–H and O–H groups in total. The van der Waals surface area contributed by atoms with Gasteiger partial charge in [0.05, 0.1) is 19.4 Å². The Morgan fingerprint density at radius 3 is 2.48 bits per heavy atom. The number of carbonyl (C=O) groups excluding carboxylic acids is 2. The van der Waals surface area contributed by atoms with Crippen LogP contribution in [0, 0.1) is 5.82 Å². The summed E-state index contributed by atoms with van der Waals surface area (Å²) in [6, 6.07) is 12.4. The third-order valence-corrected chi connectivity index (χ3v) is 3.35. The Kier molecular flexibility index (Phi) is 6.22. The average Bonchev–Trinajstić information content (AvgIpc) is 2.64. The van der Waals surface area contributed by atoms with Gasteiger partial charge < -0.3 is 10.1 Å². The van der Waals surface area contributed by atoms with Gasteiger partial charge in [-0.1, -0.05) is 6.07 Å². The first kappa shape index (κ1) is 18.1. The molecular weight excluding hydrogens is 325 g/mol. The summed E-state index contributed by atoms with van der Waals surface area (Å²) in [5.41, 5.74) is 3.93. The largest absolute Gasteiger partial charge is 0.497 e. The summed E-state index contributed by atoms with van der Waals surface area (Å²) in [6.07, 6.45) is 0. The Morgan fingerprint density at radius 1 is 1.12 bits per heavy atom. The van der Waals surface area contributed by atoms with Crippen molar-refractivity contribution in [3.05, 3.63) is 65.5 Å². The number of halogens is 1. The van der Waals surface area contributed by atoms with E-state index in [9.17, 15) is 14.0 Å². The van der Waals surface area contributed by atoms with Crippen LogP contribution in [0.5, 0.6) is 5.75 Å². The maximum Gasteiger partial charge on any atom is 0.259 e. The highest BCUT2D eigenvalue weighted by Gasteiger charge is 2.08. The monoisotopic (exact) mass is 343 g/mol. The standard InChI is InChI=1S/C18H18FN3O3/c1-12(13-6-8-16(25-2)9-7-13)21-22-17(23)11-20-18(24)14-4-3-5-15(19)10-14/h3-10H,11H2,1-2H3,(H,20,24)(H,22,23)/b21-12-. The molecule has 0 aliphatic carbocycles. The number of rotatable bonds is 6. The lowest BCUT2D eigenvalue weighted by molar-refractivity contribution is -0.120. The molecule has 2 aromatic carbocycles. The second kappa shape index (κ2) is 8.58. The third-order valence-electron chi connectivity index (χ3n) is 3.35. The number of nitrogens with zero attached hydrogens (tertiary/aromatic N) is 1. The van der Waals surface area contributed by atoms with E-state index in [4.69, 9.17) is 4.74 Å². The van der Waals surface area contributed by atoms with E-state index in [1.807, 2.05) is 12.1 Å². The van der Waals surface area contributed by atoms with E-state index in [2.05, 4.69) is 15.8 Å². The molecule has 0 atom stereocenters. The van der Waals surface area contributed by atoms with Crippen LogP contribution >= 0.6 is 0 Å². The molecule has 25 heavy (non-hydrogen) atoms. The van der Waals surface area contributed by atoms with Crippen molar-refractivity contribution in [3.8, 4) is 5.75 Å². The fraction of sp³-hybridized carbons (Fsp3) is 0.167. The molecule has 0 radical (unpaired) electrons. The zero-order valence-electron chi connectivity index (χ0n) is 13.9. The van der Waals surface area contributed by atoms with Crippen molar-refractivity contribution in [1.29, 1.82) is 0 Å². The topological polar surface area (TPSA) is 79.8 Å². The van der Waals surface area contributed by atoms with Gasteiger partial charge in [0, 0.05) is 5.56 Å². The minimum atomic E-state index is -0.537. The van der Waals surface area contributed by atoms with Gasteiger partial charge in [0.1, 0.15) is 11.6 Å². The van der Waals surface area contributed by atoms with Crippen LogP contribution in [0.4, 0.5) is 4.39 Å². The van der Waals surface area contributed by atoms with Gasteiger partial charge in [-0.05, 0) is 55.0 Å². The lowest BCUT2D eigenvalue weighted by Gasteiger charge is -2.06. The molecule has 0 saturated carbocycles. The first-order valence-electron chi connectivity index (χ1n) is 7.51. The summed E-state index contributed by atoms with van der Waals surface area (Å²) < 4.78 is 18.1. The number of hydrogen-bond donors (Lipinski definition) is 2. The second-order valence-corrected chi connectivity index (χ2v) is 5.15. The number of amides is 2. The minimum Gasteiger partial charge on any atom is -0.497 e. The molecule has 0 unspecified atom stereocenters. The lowest BCUT2D eigenvalue weighted by Crippen LogP contribution is -2.35. The normalized spacial score (nSPS) is 10.9. The molecule has 0 aromatic heterocycles. The predicted octanol–water partition coefficient (Wildman–Crippen LogP) is 2.10. The van der Waals surface area contributed by atoms with Crippen LogP contribution in [0.15, 0.2) is 53.6 Å². The van der Waals surface area contributed by atoms with Crippen molar-refractivity contribution in [2.24, 2.45) is 5.10 Å². The molecule has 2 aromatic rings. The number of benzene rings is 2. The molecule has 0 aliphatic heterocycles. The molecule has 0 aliphatic rings. The van der Waals surface area contributed by atoms with Gasteiger partial charge in [0.25, 0.3) is 11.8 Å². The Morgan fingerprint density at radius 2 is 1.84 bits per heavy atom.